The van der Waals surface area contributed by atoms with Crippen molar-refractivity contribution in [2.75, 3.05) is 11.9 Å². The van der Waals surface area contributed by atoms with Gasteiger partial charge in [0.25, 0.3) is 0 Å². The summed E-state index contributed by atoms with van der Waals surface area (Å²) in [5, 5.41) is 9.21. The molecule has 1 aliphatic rings. The van der Waals surface area contributed by atoms with Crippen LogP contribution >= 0.6 is 0 Å². The van der Waals surface area contributed by atoms with Crippen molar-refractivity contribution in [3.8, 4) is 0 Å². The molecule has 1 aliphatic carbocycles. The van der Waals surface area contributed by atoms with Crippen molar-refractivity contribution in [2.45, 2.75) is 38.6 Å². The Balaban J connectivity index is 2.27. The molecule has 0 saturated heterocycles. The number of carbonyl (C=O) groups is 1. The molecule has 2 atom stereocenters. The van der Waals surface area contributed by atoms with Gasteiger partial charge in [0.15, 0.2) is 0 Å². The van der Waals surface area contributed by atoms with E-state index in [0.29, 0.717) is 12.0 Å². The lowest BCUT2D eigenvalue weighted by atomic mass is 9.85. The van der Waals surface area contributed by atoms with Crippen molar-refractivity contribution < 1.29 is 9.90 Å². The van der Waals surface area contributed by atoms with Crippen LogP contribution in [0.15, 0.2) is 18.5 Å². The number of aromatic carboxylic acids is 1. The van der Waals surface area contributed by atoms with Gasteiger partial charge in [0.05, 0.1) is 5.69 Å². The van der Waals surface area contributed by atoms with Crippen LogP contribution in [0.1, 0.15) is 43.0 Å². The maximum atomic E-state index is 11.2. The Kier molecular flexibility index (Phi) is 3.84. The van der Waals surface area contributed by atoms with Gasteiger partial charge in [-0.25, -0.2) is 4.79 Å². The second-order valence-corrected chi connectivity index (χ2v) is 5.14. The number of pyridine rings is 1. The van der Waals surface area contributed by atoms with Gasteiger partial charge in [-0.2, -0.15) is 0 Å². The summed E-state index contributed by atoms with van der Waals surface area (Å²) in [6.45, 7) is 2.25. The summed E-state index contributed by atoms with van der Waals surface area (Å²) in [6.07, 6.45) is 7.97. The quantitative estimate of drug-likeness (QED) is 0.893. The molecule has 18 heavy (non-hydrogen) atoms. The Morgan fingerprint density at radius 2 is 2.17 bits per heavy atom. The first-order chi connectivity index (χ1) is 8.61. The van der Waals surface area contributed by atoms with Crippen molar-refractivity contribution >= 4 is 11.7 Å². The number of rotatable bonds is 3. The second kappa shape index (κ2) is 5.38. The molecule has 98 valence electrons. The minimum atomic E-state index is -0.909. The van der Waals surface area contributed by atoms with Crippen molar-refractivity contribution in [1.29, 1.82) is 0 Å². The van der Waals surface area contributed by atoms with Gasteiger partial charge in [0.2, 0.25) is 0 Å². The third-order valence-electron chi connectivity index (χ3n) is 3.97. The van der Waals surface area contributed by atoms with E-state index >= 15 is 0 Å². The fraction of sp³-hybridized carbons (Fsp3) is 0.571. The molecule has 1 heterocycles. The molecule has 1 fully saturated rings. The van der Waals surface area contributed by atoms with Crippen molar-refractivity contribution in [3.63, 3.8) is 0 Å². The Morgan fingerprint density at radius 3 is 2.83 bits per heavy atom. The molecule has 2 unspecified atom stereocenters. The molecule has 0 bridgehead atoms. The van der Waals surface area contributed by atoms with E-state index in [0.717, 1.165) is 12.1 Å². The average Bonchev–Trinajstić information content (AvgIpc) is 2.38. The first-order valence-corrected chi connectivity index (χ1v) is 6.51. The molecule has 2 rings (SSSR count). The molecular formula is C14H20N2O2. The number of nitrogens with zero attached hydrogens (tertiary/aromatic N) is 2. The predicted octanol–water partition coefficient (Wildman–Crippen LogP) is 2.79. The Morgan fingerprint density at radius 1 is 1.44 bits per heavy atom. The van der Waals surface area contributed by atoms with Crippen LogP contribution in [-0.2, 0) is 0 Å². The zero-order chi connectivity index (χ0) is 13.1. The standard InChI is InChI=1S/C14H20N2O2/c1-10-5-3-4-6-12(10)16(2)13-7-8-15-9-11(13)14(17)18/h7-10,12H,3-6H2,1-2H3,(H,17,18). The smallest absolute Gasteiger partial charge is 0.339 e. The first-order valence-electron chi connectivity index (χ1n) is 6.51. The van der Waals surface area contributed by atoms with Gasteiger partial charge < -0.3 is 10.0 Å². The molecule has 4 nitrogen and oxygen atoms in total. The van der Waals surface area contributed by atoms with Gasteiger partial charge in [0.1, 0.15) is 5.56 Å². The average molecular weight is 248 g/mol. The van der Waals surface area contributed by atoms with Crippen molar-refractivity contribution in [3.05, 3.63) is 24.0 Å². The highest BCUT2D eigenvalue weighted by atomic mass is 16.4. The SMILES string of the molecule is CC1CCCCC1N(C)c1ccncc1C(=O)O. The summed E-state index contributed by atoms with van der Waals surface area (Å²) in [4.78, 5) is 17.2. The summed E-state index contributed by atoms with van der Waals surface area (Å²) in [5.74, 6) is -0.299. The molecule has 4 heteroatoms. The molecule has 0 aromatic carbocycles. The lowest BCUT2D eigenvalue weighted by Crippen LogP contribution is -2.39. The molecule has 1 saturated carbocycles. The Hall–Kier alpha value is -1.58. The monoisotopic (exact) mass is 248 g/mol. The van der Waals surface area contributed by atoms with Crippen LogP contribution in [0.3, 0.4) is 0 Å². The van der Waals surface area contributed by atoms with Crippen LogP contribution in [0.2, 0.25) is 0 Å². The molecule has 1 aromatic heterocycles. The number of aromatic nitrogens is 1. The summed E-state index contributed by atoms with van der Waals surface area (Å²) < 4.78 is 0. The van der Waals surface area contributed by atoms with Gasteiger partial charge in [0, 0.05) is 25.5 Å². The van der Waals surface area contributed by atoms with Gasteiger partial charge in [-0.1, -0.05) is 19.8 Å². The first kappa shape index (κ1) is 12.9. The molecule has 0 amide bonds. The zero-order valence-corrected chi connectivity index (χ0v) is 11.0. The second-order valence-electron chi connectivity index (χ2n) is 5.14. The van der Waals surface area contributed by atoms with Gasteiger partial charge in [-0.05, 0) is 24.8 Å². The minimum absolute atomic E-state index is 0.290. The lowest BCUT2D eigenvalue weighted by Gasteiger charge is -2.38. The van der Waals surface area contributed by atoms with E-state index in [1.165, 1.54) is 25.5 Å². The number of anilines is 1. The van der Waals surface area contributed by atoms with E-state index in [1.807, 2.05) is 7.05 Å². The van der Waals surface area contributed by atoms with Crippen LogP contribution in [0, 0.1) is 5.92 Å². The number of carboxylic acid groups (broad SMARTS) is 1. The minimum Gasteiger partial charge on any atom is -0.478 e. The largest absolute Gasteiger partial charge is 0.478 e. The zero-order valence-electron chi connectivity index (χ0n) is 11.0. The van der Waals surface area contributed by atoms with Crippen molar-refractivity contribution in [2.24, 2.45) is 5.92 Å². The van der Waals surface area contributed by atoms with Crippen LogP contribution in [0.25, 0.3) is 0 Å². The fourth-order valence-corrected chi connectivity index (χ4v) is 2.91. The van der Waals surface area contributed by atoms with Crippen molar-refractivity contribution in [1.82, 2.24) is 4.98 Å². The molecule has 1 N–H and O–H groups in total. The molecular weight excluding hydrogens is 228 g/mol. The highest BCUT2D eigenvalue weighted by molar-refractivity contribution is 5.94. The van der Waals surface area contributed by atoms with Gasteiger partial charge >= 0.3 is 5.97 Å². The Labute approximate surface area is 108 Å². The Bertz CT molecular complexity index is 434. The van der Waals surface area contributed by atoms with Gasteiger partial charge in [-0.3, -0.25) is 4.98 Å². The van der Waals surface area contributed by atoms with E-state index in [1.54, 1.807) is 12.3 Å². The highest BCUT2D eigenvalue weighted by Gasteiger charge is 2.27. The fourth-order valence-electron chi connectivity index (χ4n) is 2.91. The third kappa shape index (κ3) is 2.47. The van der Waals surface area contributed by atoms with E-state index in [2.05, 4.69) is 16.8 Å². The number of hydrogen-bond acceptors (Lipinski definition) is 3. The normalized spacial score (nSPS) is 23.7. The third-order valence-corrected chi connectivity index (χ3v) is 3.97. The number of carboxylic acids is 1. The molecule has 0 spiro atoms. The van der Waals surface area contributed by atoms with Crippen LogP contribution < -0.4 is 4.90 Å². The molecule has 1 aromatic rings. The summed E-state index contributed by atoms with van der Waals surface area (Å²) >= 11 is 0. The summed E-state index contributed by atoms with van der Waals surface area (Å²) in [7, 11) is 1.99. The topological polar surface area (TPSA) is 53.4 Å². The van der Waals surface area contributed by atoms with E-state index in [9.17, 15) is 9.90 Å². The summed E-state index contributed by atoms with van der Waals surface area (Å²) in [6, 6.07) is 2.23. The number of hydrogen-bond donors (Lipinski definition) is 1. The van der Waals surface area contributed by atoms with Crippen LogP contribution in [-0.4, -0.2) is 29.1 Å². The predicted molar refractivity (Wildman–Crippen MR) is 71.0 cm³/mol. The highest BCUT2D eigenvalue weighted by Crippen LogP contribution is 2.31. The lowest BCUT2D eigenvalue weighted by molar-refractivity contribution is 0.0697. The van der Waals surface area contributed by atoms with E-state index in [-0.39, 0.29) is 5.56 Å². The van der Waals surface area contributed by atoms with E-state index in [4.69, 9.17) is 0 Å². The van der Waals surface area contributed by atoms with Crippen LogP contribution in [0.4, 0.5) is 5.69 Å². The van der Waals surface area contributed by atoms with Crippen LogP contribution in [0.5, 0.6) is 0 Å². The maximum Gasteiger partial charge on any atom is 0.339 e. The van der Waals surface area contributed by atoms with E-state index < -0.39 is 5.97 Å². The molecule has 0 radical (unpaired) electrons. The summed E-state index contributed by atoms with van der Waals surface area (Å²) in [5.41, 5.74) is 1.06. The molecule has 0 aliphatic heterocycles. The van der Waals surface area contributed by atoms with Gasteiger partial charge in [-0.15, -0.1) is 0 Å². The maximum absolute atomic E-state index is 11.2.